The van der Waals surface area contributed by atoms with Crippen LogP contribution in [0.4, 0.5) is 4.39 Å². The Morgan fingerprint density at radius 3 is 2.85 bits per heavy atom. The molecule has 0 aliphatic heterocycles. The molecular weight excluding hydrogens is 348 g/mol. The van der Waals surface area contributed by atoms with E-state index in [9.17, 15) is 4.39 Å². The smallest absolute Gasteiger partial charge is 0.128 e. The second kappa shape index (κ2) is 5.93. The van der Waals surface area contributed by atoms with Crippen LogP contribution in [0.1, 0.15) is 5.56 Å². The van der Waals surface area contributed by atoms with Crippen molar-refractivity contribution in [3.05, 3.63) is 34.1 Å². The molecule has 0 amide bonds. The van der Waals surface area contributed by atoms with E-state index in [0.29, 0.717) is 12.1 Å². The number of hydrogen-bond acceptors (Lipinski definition) is 1. The molecule has 13 heavy (non-hydrogen) atoms. The predicted octanol–water partition coefficient (Wildman–Crippen LogP) is 3.11. The van der Waals surface area contributed by atoms with Crippen molar-refractivity contribution < 1.29 is 4.39 Å². The van der Waals surface area contributed by atoms with Crippen LogP contribution in [0.2, 0.25) is 0 Å². The molecule has 1 N–H and O–H groups in total. The fourth-order valence-electron chi connectivity index (χ4n) is 0.955. The highest BCUT2D eigenvalue weighted by atomic mass is 127. The van der Waals surface area contributed by atoms with Crippen molar-refractivity contribution in [2.45, 2.75) is 6.54 Å². The van der Waals surface area contributed by atoms with Gasteiger partial charge in [-0.25, -0.2) is 4.39 Å². The highest BCUT2D eigenvalue weighted by Crippen LogP contribution is 2.14. The normalized spacial score (nSPS) is 10.4. The van der Waals surface area contributed by atoms with Crippen LogP contribution in [0.25, 0.3) is 0 Å². The van der Waals surface area contributed by atoms with Crippen LogP contribution >= 0.6 is 38.5 Å². The molecule has 0 atom stereocenters. The summed E-state index contributed by atoms with van der Waals surface area (Å²) in [5, 5.41) is 3.15. The molecule has 0 bridgehead atoms. The van der Waals surface area contributed by atoms with Gasteiger partial charge in [0.05, 0.1) is 0 Å². The summed E-state index contributed by atoms with van der Waals surface area (Å²) in [6, 6.07) is 5.13. The number of rotatable bonds is 4. The molecule has 0 spiro atoms. The molecule has 0 fully saturated rings. The molecule has 0 saturated carbocycles. The van der Waals surface area contributed by atoms with Crippen LogP contribution in [0.5, 0.6) is 0 Å². The highest BCUT2D eigenvalue weighted by molar-refractivity contribution is 14.1. The van der Waals surface area contributed by atoms with E-state index in [2.05, 4.69) is 43.8 Å². The van der Waals surface area contributed by atoms with Crippen molar-refractivity contribution in [3.63, 3.8) is 0 Å². The Balaban J connectivity index is 2.56. The van der Waals surface area contributed by atoms with Gasteiger partial charge in [0.2, 0.25) is 0 Å². The van der Waals surface area contributed by atoms with Gasteiger partial charge in [0.15, 0.2) is 0 Å². The molecule has 0 aromatic heterocycles. The van der Waals surface area contributed by atoms with Gasteiger partial charge in [0.25, 0.3) is 0 Å². The molecule has 1 aromatic rings. The Morgan fingerprint density at radius 2 is 2.23 bits per heavy atom. The highest BCUT2D eigenvalue weighted by Gasteiger charge is 2.01. The van der Waals surface area contributed by atoms with E-state index in [-0.39, 0.29) is 5.82 Å². The summed E-state index contributed by atoms with van der Waals surface area (Å²) in [5.41, 5.74) is 0.716. The SMILES string of the molecule is Fc1cc(Br)ccc1CNCCI. The third-order valence-corrected chi connectivity index (χ3v) is 2.63. The van der Waals surface area contributed by atoms with E-state index in [1.165, 1.54) is 6.07 Å². The minimum absolute atomic E-state index is 0.157. The summed E-state index contributed by atoms with van der Waals surface area (Å²) in [5.74, 6) is -0.157. The van der Waals surface area contributed by atoms with Crippen molar-refractivity contribution in [2.24, 2.45) is 0 Å². The van der Waals surface area contributed by atoms with E-state index in [4.69, 9.17) is 0 Å². The van der Waals surface area contributed by atoms with Crippen molar-refractivity contribution in [1.29, 1.82) is 0 Å². The predicted molar refractivity (Wildman–Crippen MR) is 64.7 cm³/mol. The molecule has 1 nitrogen and oxygen atoms in total. The summed E-state index contributed by atoms with van der Waals surface area (Å²) in [7, 11) is 0. The largest absolute Gasteiger partial charge is 0.312 e. The fourth-order valence-corrected chi connectivity index (χ4v) is 1.67. The van der Waals surface area contributed by atoms with Gasteiger partial charge >= 0.3 is 0 Å². The van der Waals surface area contributed by atoms with E-state index >= 15 is 0 Å². The van der Waals surface area contributed by atoms with Crippen molar-refractivity contribution in [2.75, 3.05) is 11.0 Å². The van der Waals surface area contributed by atoms with Gasteiger partial charge in [-0.05, 0) is 12.1 Å². The summed E-state index contributed by atoms with van der Waals surface area (Å²) < 4.78 is 15.0. The first kappa shape index (κ1) is 11.4. The number of halogens is 3. The molecule has 1 rings (SSSR count). The van der Waals surface area contributed by atoms with E-state index in [1.807, 2.05) is 6.07 Å². The first-order valence-corrected chi connectivity index (χ1v) is 6.26. The zero-order chi connectivity index (χ0) is 9.68. The van der Waals surface area contributed by atoms with Gasteiger partial charge in [-0.2, -0.15) is 0 Å². The molecule has 0 aliphatic rings. The van der Waals surface area contributed by atoms with Gasteiger partial charge in [0.1, 0.15) is 5.82 Å². The average molecular weight is 358 g/mol. The van der Waals surface area contributed by atoms with Crippen LogP contribution in [0, 0.1) is 5.82 Å². The second-order valence-electron chi connectivity index (χ2n) is 2.60. The lowest BCUT2D eigenvalue weighted by atomic mass is 10.2. The number of hydrogen-bond donors (Lipinski definition) is 1. The molecule has 0 aliphatic carbocycles. The quantitative estimate of drug-likeness (QED) is 0.496. The zero-order valence-corrected chi connectivity index (χ0v) is 10.7. The molecule has 1 aromatic carbocycles. The second-order valence-corrected chi connectivity index (χ2v) is 4.60. The van der Waals surface area contributed by atoms with Crippen molar-refractivity contribution >= 4 is 38.5 Å². The molecule has 4 heteroatoms. The molecule has 72 valence electrons. The molecular formula is C9H10BrFIN. The first-order chi connectivity index (χ1) is 6.24. The van der Waals surface area contributed by atoms with Crippen LogP contribution in [-0.2, 0) is 6.54 Å². The van der Waals surface area contributed by atoms with Gasteiger partial charge in [-0.15, -0.1) is 0 Å². The molecule has 0 heterocycles. The standard InChI is InChI=1S/C9H10BrFIN/c10-8-2-1-7(9(11)5-8)6-13-4-3-12/h1-2,5,13H,3-4,6H2. The maximum Gasteiger partial charge on any atom is 0.128 e. The summed E-state index contributed by atoms with van der Waals surface area (Å²) in [6.07, 6.45) is 0. The lowest BCUT2D eigenvalue weighted by molar-refractivity contribution is 0.593. The van der Waals surface area contributed by atoms with Crippen molar-refractivity contribution in [1.82, 2.24) is 5.32 Å². The average Bonchev–Trinajstić information content (AvgIpc) is 2.09. The van der Waals surface area contributed by atoms with E-state index < -0.39 is 0 Å². The monoisotopic (exact) mass is 357 g/mol. The zero-order valence-electron chi connectivity index (χ0n) is 6.99. The maximum atomic E-state index is 13.2. The van der Waals surface area contributed by atoms with Gasteiger partial charge < -0.3 is 5.32 Å². The Hall–Kier alpha value is 0.320. The summed E-state index contributed by atoms with van der Waals surface area (Å²) in [6.45, 7) is 1.51. The van der Waals surface area contributed by atoms with Crippen molar-refractivity contribution in [3.8, 4) is 0 Å². The summed E-state index contributed by atoms with van der Waals surface area (Å²) >= 11 is 5.50. The van der Waals surface area contributed by atoms with Gasteiger partial charge in [-0.3, -0.25) is 0 Å². The van der Waals surface area contributed by atoms with Crippen LogP contribution < -0.4 is 5.32 Å². The fraction of sp³-hybridized carbons (Fsp3) is 0.333. The summed E-state index contributed by atoms with van der Waals surface area (Å²) in [4.78, 5) is 0. The van der Waals surface area contributed by atoms with Crippen LogP contribution in [0.15, 0.2) is 22.7 Å². The van der Waals surface area contributed by atoms with E-state index in [0.717, 1.165) is 15.4 Å². The van der Waals surface area contributed by atoms with E-state index in [1.54, 1.807) is 6.07 Å². The minimum atomic E-state index is -0.157. The maximum absolute atomic E-state index is 13.2. The Kier molecular flexibility index (Phi) is 5.20. The van der Waals surface area contributed by atoms with Crippen LogP contribution in [-0.4, -0.2) is 11.0 Å². The number of benzene rings is 1. The topological polar surface area (TPSA) is 12.0 Å². The van der Waals surface area contributed by atoms with Crippen LogP contribution in [0.3, 0.4) is 0 Å². The molecule has 0 saturated heterocycles. The minimum Gasteiger partial charge on any atom is -0.312 e. The first-order valence-electron chi connectivity index (χ1n) is 3.94. The lowest BCUT2D eigenvalue weighted by Crippen LogP contribution is -2.16. The van der Waals surface area contributed by atoms with Gasteiger partial charge in [0, 0.05) is 27.6 Å². The van der Waals surface area contributed by atoms with Gasteiger partial charge in [-0.1, -0.05) is 44.6 Å². The Bertz CT molecular complexity index is 280. The molecule has 0 radical (unpaired) electrons. The third kappa shape index (κ3) is 3.91. The molecule has 0 unspecified atom stereocenters. The lowest BCUT2D eigenvalue weighted by Gasteiger charge is -2.04. The third-order valence-electron chi connectivity index (χ3n) is 1.60. The Labute approximate surface area is 99.4 Å². The number of alkyl halides is 1. The number of nitrogens with one attached hydrogen (secondary N) is 1. The Morgan fingerprint density at radius 1 is 1.46 bits per heavy atom.